The number of aliphatic hydroxyl groups excluding tert-OH is 1. The summed E-state index contributed by atoms with van der Waals surface area (Å²) in [6, 6.07) is 0. The lowest BCUT2D eigenvalue weighted by Crippen LogP contribution is -2.30. The van der Waals surface area contributed by atoms with Gasteiger partial charge in [0, 0.05) is 25.7 Å². The molecule has 0 aromatic carbocycles. The van der Waals surface area contributed by atoms with Crippen molar-refractivity contribution in [2.24, 2.45) is 23.7 Å². The molecule has 0 fully saturated rings. The Kier molecular flexibility index (Phi) is 61.3. The van der Waals surface area contributed by atoms with Crippen LogP contribution in [0.25, 0.3) is 0 Å². The zero-order chi connectivity index (χ0) is 68.2. The lowest BCUT2D eigenvalue weighted by molar-refractivity contribution is -0.161. The Labute approximate surface area is 562 Å². The quantitative estimate of drug-likeness (QED) is 0.0222. The number of hydrogen-bond donors (Lipinski definition) is 3. The highest BCUT2D eigenvalue weighted by molar-refractivity contribution is 7.47. The Hall–Kier alpha value is -1.94. The van der Waals surface area contributed by atoms with Crippen molar-refractivity contribution in [3.63, 3.8) is 0 Å². The third kappa shape index (κ3) is 65.4. The van der Waals surface area contributed by atoms with Crippen LogP contribution in [0.3, 0.4) is 0 Å². The van der Waals surface area contributed by atoms with Crippen molar-refractivity contribution in [2.45, 2.75) is 382 Å². The van der Waals surface area contributed by atoms with Gasteiger partial charge >= 0.3 is 39.5 Å². The van der Waals surface area contributed by atoms with Crippen molar-refractivity contribution in [2.75, 3.05) is 39.6 Å². The summed E-state index contributed by atoms with van der Waals surface area (Å²) in [4.78, 5) is 72.6. The second-order valence-electron chi connectivity index (χ2n) is 28.0. The van der Waals surface area contributed by atoms with Crippen molar-refractivity contribution in [1.29, 1.82) is 0 Å². The number of aliphatic hydroxyl groups is 1. The van der Waals surface area contributed by atoms with Gasteiger partial charge in [0.2, 0.25) is 0 Å². The molecule has 19 heteroatoms. The van der Waals surface area contributed by atoms with Crippen LogP contribution >= 0.6 is 15.6 Å². The van der Waals surface area contributed by atoms with Crippen molar-refractivity contribution in [1.82, 2.24) is 0 Å². The van der Waals surface area contributed by atoms with Gasteiger partial charge < -0.3 is 33.8 Å². The molecule has 0 spiro atoms. The number of rotatable bonds is 70. The van der Waals surface area contributed by atoms with Gasteiger partial charge in [0.05, 0.1) is 26.4 Å². The predicted molar refractivity (Wildman–Crippen MR) is 372 cm³/mol. The van der Waals surface area contributed by atoms with Crippen LogP contribution in [0.1, 0.15) is 364 Å². The van der Waals surface area contributed by atoms with E-state index in [1.807, 2.05) is 0 Å². The summed E-state index contributed by atoms with van der Waals surface area (Å²) in [6.45, 7) is 14.1. The van der Waals surface area contributed by atoms with E-state index in [1.165, 1.54) is 161 Å². The molecule has 0 heterocycles. The van der Waals surface area contributed by atoms with Crippen molar-refractivity contribution in [3.8, 4) is 0 Å². The first-order chi connectivity index (χ1) is 44.1. The van der Waals surface area contributed by atoms with Gasteiger partial charge in [0.25, 0.3) is 0 Å². The first-order valence-electron chi connectivity index (χ1n) is 37.7. The molecule has 6 atom stereocenters. The third-order valence-electron chi connectivity index (χ3n) is 17.2. The summed E-state index contributed by atoms with van der Waals surface area (Å²) >= 11 is 0. The van der Waals surface area contributed by atoms with E-state index in [4.69, 9.17) is 37.0 Å². The number of hydrogen-bond acceptors (Lipinski definition) is 15. The Morgan fingerprint density at radius 2 is 0.522 bits per heavy atom. The Morgan fingerprint density at radius 3 is 0.772 bits per heavy atom. The van der Waals surface area contributed by atoms with Crippen molar-refractivity contribution >= 4 is 39.5 Å². The monoisotopic (exact) mass is 1350 g/mol. The number of esters is 4. The van der Waals surface area contributed by atoms with Gasteiger partial charge in [-0.3, -0.25) is 37.3 Å². The van der Waals surface area contributed by atoms with Gasteiger partial charge in [-0.2, -0.15) is 0 Å². The highest BCUT2D eigenvalue weighted by atomic mass is 31.2. The molecule has 0 aromatic heterocycles. The van der Waals surface area contributed by atoms with Crippen LogP contribution in [0.2, 0.25) is 0 Å². The van der Waals surface area contributed by atoms with Gasteiger partial charge in [-0.1, -0.05) is 312 Å². The van der Waals surface area contributed by atoms with E-state index < -0.39 is 97.5 Å². The SMILES string of the molecule is CCC(C)CCCCCCCCCCCCC(=O)OC[C@H](COP(=O)(O)OCC(O)COP(=O)(O)OC[C@@H](COC(=O)CCCCCCCCC(C)C)OC(=O)CCCCCCCCCCCCCCCCCC(C)C)OC(=O)CCCCCCCCCCC(C)C. The van der Waals surface area contributed by atoms with Gasteiger partial charge in [-0.25, -0.2) is 9.13 Å². The van der Waals surface area contributed by atoms with E-state index in [1.54, 1.807) is 0 Å². The van der Waals surface area contributed by atoms with Crippen LogP contribution in [0, 0.1) is 23.7 Å². The molecule has 3 N–H and O–H groups in total. The van der Waals surface area contributed by atoms with E-state index in [9.17, 15) is 43.2 Å². The molecule has 0 saturated carbocycles. The topological polar surface area (TPSA) is 237 Å². The largest absolute Gasteiger partial charge is 0.472 e. The number of phosphoric ester groups is 2. The molecule has 0 aliphatic heterocycles. The highest BCUT2D eigenvalue weighted by Gasteiger charge is 2.30. The number of phosphoric acid groups is 2. The molecule has 0 aliphatic carbocycles. The molecule has 0 amide bonds. The Balaban J connectivity index is 5.21. The highest BCUT2D eigenvalue weighted by Crippen LogP contribution is 2.45. The molecule has 4 unspecified atom stereocenters. The van der Waals surface area contributed by atoms with Gasteiger partial charge in [0.15, 0.2) is 12.2 Å². The summed E-state index contributed by atoms with van der Waals surface area (Å²) in [5.74, 6) is 0.882. The van der Waals surface area contributed by atoms with Gasteiger partial charge in [-0.05, 0) is 49.4 Å². The lowest BCUT2D eigenvalue weighted by atomic mass is 9.99. The summed E-state index contributed by atoms with van der Waals surface area (Å²) in [7, 11) is -9.91. The van der Waals surface area contributed by atoms with Crippen molar-refractivity contribution < 1.29 is 80.2 Å². The maximum absolute atomic E-state index is 13.0. The number of unbranched alkanes of at least 4 members (excludes halogenated alkanes) is 35. The second kappa shape index (κ2) is 62.6. The van der Waals surface area contributed by atoms with Crippen LogP contribution in [0.15, 0.2) is 0 Å². The molecule has 0 aromatic rings. The summed E-state index contributed by atoms with van der Waals surface area (Å²) < 4.78 is 68.4. The first kappa shape index (κ1) is 90.1. The number of carbonyl (C=O) groups excluding carboxylic acids is 4. The maximum Gasteiger partial charge on any atom is 0.472 e. The van der Waals surface area contributed by atoms with Crippen LogP contribution in [-0.4, -0.2) is 96.7 Å². The van der Waals surface area contributed by atoms with Crippen LogP contribution in [0.4, 0.5) is 0 Å². The molecule has 17 nitrogen and oxygen atoms in total. The molecule has 0 aliphatic rings. The van der Waals surface area contributed by atoms with Crippen molar-refractivity contribution in [3.05, 3.63) is 0 Å². The second-order valence-corrected chi connectivity index (χ2v) is 30.9. The number of carbonyl (C=O) groups is 4. The molecule has 0 saturated heterocycles. The first-order valence-corrected chi connectivity index (χ1v) is 40.7. The third-order valence-corrected chi connectivity index (χ3v) is 19.1. The minimum absolute atomic E-state index is 0.104. The molecule has 92 heavy (non-hydrogen) atoms. The normalized spacial score (nSPS) is 14.5. The van der Waals surface area contributed by atoms with Crippen LogP contribution < -0.4 is 0 Å². The van der Waals surface area contributed by atoms with Gasteiger partial charge in [-0.15, -0.1) is 0 Å². The molecule has 0 rings (SSSR count). The summed E-state index contributed by atoms with van der Waals surface area (Å²) in [5, 5.41) is 10.6. The molecular weight excluding hydrogens is 1210 g/mol. The molecule has 0 bridgehead atoms. The minimum atomic E-state index is -4.95. The fourth-order valence-electron chi connectivity index (χ4n) is 11.0. The smallest absolute Gasteiger partial charge is 0.462 e. The maximum atomic E-state index is 13.0. The fourth-order valence-corrected chi connectivity index (χ4v) is 12.6. The van der Waals surface area contributed by atoms with Crippen LogP contribution in [-0.2, 0) is 65.4 Å². The summed E-state index contributed by atoms with van der Waals surface area (Å²) in [6.07, 6.45) is 46.0. The zero-order valence-corrected chi connectivity index (χ0v) is 62.0. The average Bonchev–Trinajstić information content (AvgIpc) is 1.50. The Bertz CT molecular complexity index is 1820. The minimum Gasteiger partial charge on any atom is -0.462 e. The summed E-state index contributed by atoms with van der Waals surface area (Å²) in [5.41, 5.74) is 0. The predicted octanol–water partition coefficient (Wildman–Crippen LogP) is 20.9. The van der Waals surface area contributed by atoms with E-state index in [-0.39, 0.29) is 25.7 Å². The standard InChI is InChI=1S/C73H142O17P2/c1-9-66(8)52-44-36-27-20-17-18-21-28-37-45-53-70(75)83-59-68(90-73(78)56-48-40-30-24-23-26-34-42-50-64(4)5)61-87-91(79,80)85-57-67(74)58-86-92(81,82)88-62-69(60-84-71(76)54-46-38-32-31-35-43-51-65(6)7)89-72(77)55-47-39-29-22-16-14-12-10-11-13-15-19-25-33-41-49-63(2)3/h63-69,74H,9-62H2,1-8H3,(H,79,80)(H,81,82)/t66?,67?,68-,69-/m1/s1. The van der Waals surface area contributed by atoms with E-state index in [0.717, 1.165) is 114 Å². The molecule has 0 radical (unpaired) electrons. The molecule has 546 valence electrons. The zero-order valence-electron chi connectivity index (χ0n) is 60.2. The lowest BCUT2D eigenvalue weighted by Gasteiger charge is -2.21. The van der Waals surface area contributed by atoms with Gasteiger partial charge in [0.1, 0.15) is 19.3 Å². The van der Waals surface area contributed by atoms with Crippen LogP contribution in [0.5, 0.6) is 0 Å². The van der Waals surface area contributed by atoms with E-state index in [0.29, 0.717) is 31.6 Å². The van der Waals surface area contributed by atoms with E-state index in [2.05, 4.69) is 55.4 Å². The Morgan fingerprint density at radius 1 is 0.304 bits per heavy atom. The fraction of sp³-hybridized carbons (Fsp3) is 0.945. The van der Waals surface area contributed by atoms with E-state index >= 15 is 0 Å². The molecular formula is C73H142O17P2. The number of ether oxygens (including phenoxy) is 4. The average molecular weight is 1350 g/mol.